The number of fused-ring (bicyclic) bond motifs is 3. The largest absolute Gasteiger partial charge is 1.00 e. The second kappa shape index (κ2) is 27.9. The second-order valence-corrected chi connectivity index (χ2v) is 13.9. The molecule has 6 heterocycles. The summed E-state index contributed by atoms with van der Waals surface area (Å²) in [7, 11) is 5.89. The van der Waals surface area contributed by atoms with Crippen molar-refractivity contribution >= 4 is 52.4 Å². The van der Waals surface area contributed by atoms with E-state index in [-0.39, 0.29) is 76.7 Å². The first-order valence-electron chi connectivity index (χ1n) is 15.9. The molecule has 0 fully saturated rings. The van der Waals surface area contributed by atoms with E-state index in [1.54, 1.807) is 30.3 Å². The Morgan fingerprint density at radius 1 is 0.706 bits per heavy atom. The van der Waals surface area contributed by atoms with Crippen LogP contribution in [-0.4, -0.2) is 82.3 Å². The fourth-order valence-electron chi connectivity index (χ4n) is 5.46. The Morgan fingerprint density at radius 2 is 1.04 bits per heavy atom. The molecule has 10 nitrogen and oxygen atoms in total. The summed E-state index contributed by atoms with van der Waals surface area (Å²) in [5.74, 6) is -1.23. The number of hydrogen-bond donors (Lipinski definition) is 5. The summed E-state index contributed by atoms with van der Waals surface area (Å²) in [6.07, 6.45) is 2.71. The molecule has 15 heteroatoms. The van der Waals surface area contributed by atoms with Gasteiger partial charge in [-0.1, -0.05) is 37.8 Å². The zero-order valence-electron chi connectivity index (χ0n) is 29.1. The summed E-state index contributed by atoms with van der Waals surface area (Å²) in [5, 5.41) is 33.3. The van der Waals surface area contributed by atoms with Gasteiger partial charge in [-0.25, -0.2) is 4.79 Å². The number of likely N-dealkylation sites (N-methyl/N-ethyl adjacent to an activating group) is 3. The van der Waals surface area contributed by atoms with Gasteiger partial charge in [-0.15, -0.1) is 46.4 Å². The van der Waals surface area contributed by atoms with E-state index in [2.05, 4.69) is 50.3 Å². The predicted octanol–water partition coefficient (Wildman–Crippen LogP) is 3.43. The minimum absolute atomic E-state index is 0. The summed E-state index contributed by atoms with van der Waals surface area (Å²) in [5.41, 5.74) is 4.84. The van der Waals surface area contributed by atoms with Gasteiger partial charge in [0, 0.05) is 34.3 Å². The van der Waals surface area contributed by atoms with Crippen LogP contribution in [0.25, 0.3) is 0 Å². The molecule has 0 saturated carbocycles. The van der Waals surface area contributed by atoms with Crippen molar-refractivity contribution in [3.8, 4) is 0 Å². The molecule has 0 bridgehead atoms. The first-order valence-corrected chi connectivity index (χ1v) is 18.5. The number of aliphatic carboxylic acids is 1. The molecule has 4 aromatic rings. The van der Waals surface area contributed by atoms with E-state index in [1.165, 1.54) is 31.3 Å². The van der Waals surface area contributed by atoms with E-state index in [0.717, 1.165) is 58.7 Å². The quantitative estimate of drug-likeness (QED) is 0.168. The van der Waals surface area contributed by atoms with Gasteiger partial charge < -0.3 is 45.9 Å². The van der Waals surface area contributed by atoms with Gasteiger partial charge in [-0.3, -0.25) is 0 Å². The van der Waals surface area contributed by atoms with Crippen molar-refractivity contribution in [2.75, 3.05) is 60.6 Å². The Labute approximate surface area is 363 Å². The van der Waals surface area contributed by atoms with Crippen molar-refractivity contribution in [2.45, 2.75) is 51.1 Å². The van der Waals surface area contributed by atoms with Crippen LogP contribution in [0.15, 0.2) is 64.7 Å². The molecule has 6 N–H and O–H groups in total. The number of thiophene rings is 3. The minimum Gasteiger partial charge on any atom is -0.870 e. The molecule has 1 aromatic carbocycles. The number of carboxylic acid groups (broad SMARTS) is 1. The molecule has 7 rings (SSSR count). The molecule has 3 aliphatic heterocycles. The molecule has 0 saturated heterocycles. The number of nitrogens with one attached hydrogen (secondary N) is 3. The van der Waals surface area contributed by atoms with E-state index in [4.69, 9.17) is 24.4 Å². The molecule has 4 atom stereocenters. The van der Waals surface area contributed by atoms with Crippen molar-refractivity contribution in [1.29, 1.82) is 0 Å². The normalized spacial score (nSPS) is 18.4. The van der Waals surface area contributed by atoms with Crippen LogP contribution < -0.4 is 67.3 Å². The molecular formula is C36H53ClKN3O7S3. The number of halogens is 1. The average molecular weight is 811 g/mol. The molecule has 3 aromatic heterocycles. The van der Waals surface area contributed by atoms with Crippen LogP contribution in [0.5, 0.6) is 0 Å². The van der Waals surface area contributed by atoms with Crippen LogP contribution in [0.3, 0.4) is 0 Å². The number of benzene rings is 1. The fraction of sp³-hybridized carbons (Fsp3) is 0.472. The van der Waals surface area contributed by atoms with Gasteiger partial charge in [-0.05, 0) is 97.0 Å². The third-order valence-corrected chi connectivity index (χ3v) is 11.0. The van der Waals surface area contributed by atoms with Crippen molar-refractivity contribution in [3.63, 3.8) is 0 Å². The number of rotatable bonds is 8. The van der Waals surface area contributed by atoms with E-state index in [9.17, 15) is 4.79 Å². The maximum absolute atomic E-state index is 10.2. The van der Waals surface area contributed by atoms with Gasteiger partial charge in [0.1, 0.15) is 18.3 Å². The summed E-state index contributed by atoms with van der Waals surface area (Å²) < 4.78 is 17.0. The summed E-state index contributed by atoms with van der Waals surface area (Å²) in [4.78, 5) is 14.5. The molecular weight excluding hydrogens is 757 g/mol. The van der Waals surface area contributed by atoms with E-state index in [1.807, 2.05) is 55.2 Å². The number of ether oxygens (including phenoxy) is 3. The van der Waals surface area contributed by atoms with Gasteiger partial charge in [0.05, 0.1) is 19.8 Å². The maximum atomic E-state index is 10.2. The van der Waals surface area contributed by atoms with Crippen LogP contribution in [-0.2, 0) is 38.3 Å². The third-order valence-electron chi connectivity index (χ3n) is 7.81. The maximum Gasteiger partial charge on any atom is 1.00 e. The first-order chi connectivity index (χ1) is 23.0. The Hall–Kier alpha value is -0.604. The molecule has 51 heavy (non-hydrogen) atoms. The summed E-state index contributed by atoms with van der Waals surface area (Å²) >= 11 is 5.43. The van der Waals surface area contributed by atoms with Crippen LogP contribution >= 0.6 is 46.4 Å². The van der Waals surface area contributed by atoms with Crippen LogP contribution in [0.1, 0.15) is 68.7 Å². The standard InChI is InChI=1S/3C9H13NOS.C8H8O3.CH4.ClH.K.H2O/c3*1-10-6-8-9-7(2-4-11-8)3-5-12-9;9-7(8(10)11)6-4-2-1-3-5-6;;;;/h3*3,5,8,10H,2,4,6H2,1H3;1-5,7,9H,(H,10,11);1H4;1H;;1H2/q;;;;;;+1;/p-1/t3*8-;7-;;;;/m0001..../s1. The van der Waals surface area contributed by atoms with Crippen molar-refractivity contribution in [1.82, 2.24) is 16.0 Å². The molecule has 0 amide bonds. The molecule has 0 aliphatic carbocycles. The van der Waals surface area contributed by atoms with Gasteiger partial charge in [0.2, 0.25) is 0 Å². The predicted molar refractivity (Wildman–Crippen MR) is 207 cm³/mol. The SMILES string of the molecule is C.CNC[C@@H]1OCCc2ccsc21.CNC[C@@H]1OCCc2ccsc21.CNC[C@@H]1OCCc2ccsc21.Cl.O=C(O)[C@H](O)c1ccccc1.[K+].[OH-]. The molecule has 280 valence electrons. The van der Waals surface area contributed by atoms with E-state index in [0.29, 0.717) is 23.9 Å². The minimum atomic E-state index is -1.41. The van der Waals surface area contributed by atoms with Crippen molar-refractivity contribution < 1.29 is 86.1 Å². The van der Waals surface area contributed by atoms with Crippen LogP contribution in [0.2, 0.25) is 0 Å². The second-order valence-electron chi connectivity index (χ2n) is 11.1. The monoisotopic (exact) mass is 809 g/mol. The number of hydrogen-bond acceptors (Lipinski definition) is 12. The van der Waals surface area contributed by atoms with Crippen LogP contribution in [0.4, 0.5) is 0 Å². The Kier molecular flexibility index (Phi) is 27.6. The van der Waals surface area contributed by atoms with Crippen molar-refractivity contribution in [3.05, 3.63) is 102 Å². The number of aliphatic hydroxyl groups is 1. The zero-order valence-corrected chi connectivity index (χ0v) is 35.5. The summed E-state index contributed by atoms with van der Waals surface area (Å²) in [6.45, 7) is 5.39. The van der Waals surface area contributed by atoms with Gasteiger partial charge in [0.25, 0.3) is 0 Å². The average Bonchev–Trinajstić information content (AvgIpc) is 3.88. The Bertz CT molecular complexity index is 1350. The van der Waals surface area contributed by atoms with Gasteiger partial charge in [0.15, 0.2) is 6.10 Å². The number of carbonyl (C=O) groups is 1. The third kappa shape index (κ3) is 15.6. The van der Waals surface area contributed by atoms with Crippen LogP contribution in [0, 0.1) is 0 Å². The van der Waals surface area contributed by atoms with E-state index < -0.39 is 12.1 Å². The number of carboxylic acids is 1. The molecule has 0 spiro atoms. The Morgan fingerprint density at radius 3 is 1.33 bits per heavy atom. The first kappa shape index (κ1) is 50.4. The zero-order chi connectivity index (χ0) is 33.4. The van der Waals surface area contributed by atoms with Crippen molar-refractivity contribution in [2.24, 2.45) is 0 Å². The smallest absolute Gasteiger partial charge is 0.870 e. The molecule has 0 unspecified atom stereocenters. The van der Waals surface area contributed by atoms with E-state index >= 15 is 0 Å². The summed E-state index contributed by atoms with van der Waals surface area (Å²) in [6, 6.07) is 14.9. The topological polar surface area (TPSA) is 151 Å². The number of aliphatic hydroxyl groups excluding tert-OH is 1. The molecule has 0 radical (unpaired) electrons. The molecule has 3 aliphatic rings. The van der Waals surface area contributed by atoms with Gasteiger partial charge in [-0.2, -0.15) is 0 Å². The van der Waals surface area contributed by atoms with Gasteiger partial charge >= 0.3 is 57.4 Å². The Balaban J connectivity index is 0.000000637. The fourth-order valence-corrected chi connectivity index (χ4v) is 8.47.